The van der Waals surface area contributed by atoms with Crippen LogP contribution in [0.1, 0.15) is 26.7 Å². The van der Waals surface area contributed by atoms with Gasteiger partial charge in [0.25, 0.3) is 0 Å². The summed E-state index contributed by atoms with van der Waals surface area (Å²) in [5, 5.41) is 0. The second kappa shape index (κ2) is 4.43. The standard InChI is InChI=1S/C12H19N/c1-3-7-12(2)8-4-5-11(10-13)6-9-12/h4-6,8-9H,3,7,10,13H2,1-2H3. The van der Waals surface area contributed by atoms with Gasteiger partial charge in [0.05, 0.1) is 0 Å². The molecule has 1 nitrogen and oxygen atoms in total. The predicted octanol–water partition coefficient (Wildman–Crippen LogP) is 2.80. The van der Waals surface area contributed by atoms with Gasteiger partial charge in [-0.1, -0.05) is 50.6 Å². The van der Waals surface area contributed by atoms with Gasteiger partial charge in [-0.25, -0.2) is 0 Å². The van der Waals surface area contributed by atoms with Crippen LogP contribution >= 0.6 is 0 Å². The lowest BCUT2D eigenvalue weighted by Crippen LogP contribution is -2.08. The average molecular weight is 177 g/mol. The molecule has 13 heavy (non-hydrogen) atoms. The molecule has 2 N–H and O–H groups in total. The first-order valence-electron chi connectivity index (χ1n) is 4.98. The number of hydrogen-bond acceptors (Lipinski definition) is 1. The summed E-state index contributed by atoms with van der Waals surface area (Å²) in [7, 11) is 0. The van der Waals surface area contributed by atoms with Crippen LogP contribution in [-0.2, 0) is 0 Å². The van der Waals surface area contributed by atoms with E-state index in [0.717, 1.165) is 0 Å². The van der Waals surface area contributed by atoms with Gasteiger partial charge in [-0.15, -0.1) is 0 Å². The molecule has 1 aliphatic carbocycles. The molecule has 0 bridgehead atoms. The molecular formula is C12H19N. The summed E-state index contributed by atoms with van der Waals surface area (Å²) in [6.07, 6.45) is 13.3. The molecule has 1 heteroatoms. The fourth-order valence-corrected chi connectivity index (χ4v) is 1.64. The predicted molar refractivity (Wildman–Crippen MR) is 58.4 cm³/mol. The molecular weight excluding hydrogens is 158 g/mol. The highest BCUT2D eigenvalue weighted by Gasteiger charge is 2.16. The zero-order valence-corrected chi connectivity index (χ0v) is 8.59. The van der Waals surface area contributed by atoms with Gasteiger partial charge in [0, 0.05) is 12.0 Å². The quantitative estimate of drug-likeness (QED) is 0.704. The molecule has 0 aromatic carbocycles. The van der Waals surface area contributed by atoms with Gasteiger partial charge in [0.15, 0.2) is 0 Å². The van der Waals surface area contributed by atoms with Crippen molar-refractivity contribution in [3.05, 3.63) is 36.0 Å². The third-order valence-corrected chi connectivity index (χ3v) is 2.49. The summed E-state index contributed by atoms with van der Waals surface area (Å²) >= 11 is 0. The van der Waals surface area contributed by atoms with Crippen molar-refractivity contribution in [3.63, 3.8) is 0 Å². The van der Waals surface area contributed by atoms with Crippen molar-refractivity contribution in [2.45, 2.75) is 26.7 Å². The normalized spacial score (nSPS) is 27.2. The maximum absolute atomic E-state index is 5.58. The first-order valence-corrected chi connectivity index (χ1v) is 4.98. The third kappa shape index (κ3) is 2.85. The third-order valence-electron chi connectivity index (χ3n) is 2.49. The van der Waals surface area contributed by atoms with Crippen molar-refractivity contribution in [2.24, 2.45) is 11.1 Å². The van der Waals surface area contributed by atoms with Gasteiger partial charge >= 0.3 is 0 Å². The van der Waals surface area contributed by atoms with E-state index in [-0.39, 0.29) is 5.41 Å². The minimum atomic E-state index is 0.224. The molecule has 0 aromatic rings. The Bertz CT molecular complexity index is 248. The lowest BCUT2D eigenvalue weighted by molar-refractivity contribution is 0.493. The number of hydrogen-bond donors (Lipinski definition) is 1. The maximum Gasteiger partial charge on any atom is 0.0177 e. The Morgan fingerprint density at radius 2 is 2.15 bits per heavy atom. The van der Waals surface area contributed by atoms with E-state index in [1.165, 1.54) is 18.4 Å². The SMILES string of the molecule is CCCC1(C)C=CC=C(CN)C=C1. The van der Waals surface area contributed by atoms with Crippen LogP contribution < -0.4 is 5.73 Å². The van der Waals surface area contributed by atoms with E-state index < -0.39 is 0 Å². The first-order chi connectivity index (χ1) is 6.20. The first kappa shape index (κ1) is 10.3. The molecule has 1 unspecified atom stereocenters. The maximum atomic E-state index is 5.58. The van der Waals surface area contributed by atoms with Gasteiger partial charge in [-0.2, -0.15) is 0 Å². The van der Waals surface area contributed by atoms with Crippen LogP contribution in [-0.4, -0.2) is 6.54 Å². The Kier molecular flexibility index (Phi) is 3.49. The highest BCUT2D eigenvalue weighted by Crippen LogP contribution is 2.28. The number of nitrogens with two attached hydrogens (primary N) is 1. The molecule has 0 spiro atoms. The summed E-state index contributed by atoms with van der Waals surface area (Å²) in [4.78, 5) is 0. The molecule has 0 aliphatic heterocycles. The fourth-order valence-electron chi connectivity index (χ4n) is 1.64. The zero-order chi connectivity index (χ0) is 9.73. The zero-order valence-electron chi connectivity index (χ0n) is 8.59. The van der Waals surface area contributed by atoms with Crippen LogP contribution in [0.5, 0.6) is 0 Å². The molecule has 0 amide bonds. The lowest BCUT2D eigenvalue weighted by Gasteiger charge is -2.20. The highest BCUT2D eigenvalue weighted by molar-refractivity contribution is 5.31. The van der Waals surface area contributed by atoms with E-state index >= 15 is 0 Å². The minimum Gasteiger partial charge on any atom is -0.326 e. The van der Waals surface area contributed by atoms with E-state index in [1.807, 2.05) is 0 Å². The monoisotopic (exact) mass is 177 g/mol. The Labute approximate surface area is 81.0 Å². The molecule has 0 saturated carbocycles. The van der Waals surface area contributed by atoms with Crippen LogP contribution in [0.25, 0.3) is 0 Å². The van der Waals surface area contributed by atoms with Crippen molar-refractivity contribution in [3.8, 4) is 0 Å². The largest absolute Gasteiger partial charge is 0.326 e. The Hall–Kier alpha value is -0.820. The van der Waals surface area contributed by atoms with Gasteiger partial charge in [0.1, 0.15) is 0 Å². The molecule has 1 rings (SSSR count). The second-order valence-corrected chi connectivity index (χ2v) is 3.89. The molecule has 1 aliphatic rings. The highest BCUT2D eigenvalue weighted by atomic mass is 14.5. The smallest absolute Gasteiger partial charge is 0.0177 e. The van der Waals surface area contributed by atoms with Crippen molar-refractivity contribution < 1.29 is 0 Å². The minimum absolute atomic E-state index is 0.224. The average Bonchev–Trinajstić information content (AvgIpc) is 2.28. The fraction of sp³-hybridized carbons (Fsp3) is 0.500. The van der Waals surface area contributed by atoms with Gasteiger partial charge < -0.3 is 5.73 Å². The van der Waals surface area contributed by atoms with E-state index in [2.05, 4.69) is 44.2 Å². The van der Waals surface area contributed by atoms with Crippen LogP contribution in [0, 0.1) is 5.41 Å². The van der Waals surface area contributed by atoms with Crippen LogP contribution in [0.2, 0.25) is 0 Å². The molecule has 0 aromatic heterocycles. The van der Waals surface area contributed by atoms with Crippen molar-refractivity contribution >= 4 is 0 Å². The topological polar surface area (TPSA) is 26.0 Å². The lowest BCUT2D eigenvalue weighted by atomic mass is 9.85. The summed E-state index contributed by atoms with van der Waals surface area (Å²) in [5.74, 6) is 0. The van der Waals surface area contributed by atoms with Crippen molar-refractivity contribution in [1.82, 2.24) is 0 Å². The Morgan fingerprint density at radius 3 is 2.77 bits per heavy atom. The van der Waals surface area contributed by atoms with E-state index in [4.69, 9.17) is 5.73 Å². The van der Waals surface area contributed by atoms with Gasteiger partial charge in [0.2, 0.25) is 0 Å². The molecule has 0 saturated heterocycles. The summed E-state index contributed by atoms with van der Waals surface area (Å²) in [6, 6.07) is 0. The second-order valence-electron chi connectivity index (χ2n) is 3.89. The molecule has 0 radical (unpaired) electrons. The van der Waals surface area contributed by atoms with E-state index in [0.29, 0.717) is 6.54 Å². The number of allylic oxidation sites excluding steroid dienone is 4. The molecule has 72 valence electrons. The Morgan fingerprint density at radius 1 is 1.38 bits per heavy atom. The van der Waals surface area contributed by atoms with Crippen molar-refractivity contribution in [2.75, 3.05) is 6.54 Å². The molecule has 0 fully saturated rings. The van der Waals surface area contributed by atoms with Gasteiger partial charge in [-0.05, 0) is 12.0 Å². The van der Waals surface area contributed by atoms with Crippen molar-refractivity contribution in [1.29, 1.82) is 0 Å². The molecule has 0 heterocycles. The summed E-state index contributed by atoms with van der Waals surface area (Å²) < 4.78 is 0. The molecule has 1 atom stereocenters. The summed E-state index contributed by atoms with van der Waals surface area (Å²) in [6.45, 7) is 5.11. The Balaban J connectivity index is 2.76. The van der Waals surface area contributed by atoms with Crippen LogP contribution in [0.3, 0.4) is 0 Å². The number of rotatable bonds is 3. The van der Waals surface area contributed by atoms with Crippen LogP contribution in [0.4, 0.5) is 0 Å². The van der Waals surface area contributed by atoms with E-state index in [1.54, 1.807) is 0 Å². The van der Waals surface area contributed by atoms with E-state index in [9.17, 15) is 0 Å². The van der Waals surface area contributed by atoms with Gasteiger partial charge in [-0.3, -0.25) is 0 Å². The summed E-state index contributed by atoms with van der Waals surface area (Å²) in [5.41, 5.74) is 7.01. The van der Waals surface area contributed by atoms with Crippen LogP contribution in [0.15, 0.2) is 36.0 Å².